The fourth-order valence-corrected chi connectivity index (χ4v) is 8.00. The molecule has 1 aromatic heterocycles. The summed E-state index contributed by atoms with van der Waals surface area (Å²) in [6.07, 6.45) is 12.8. The quantitative estimate of drug-likeness (QED) is 0.323. The first kappa shape index (κ1) is 25.8. The van der Waals surface area contributed by atoms with Crippen LogP contribution in [0.4, 0.5) is 10.2 Å². The molecule has 2 unspecified atom stereocenters. The van der Waals surface area contributed by atoms with Gasteiger partial charge in [0.25, 0.3) is 0 Å². The molecule has 7 nitrogen and oxygen atoms in total. The van der Waals surface area contributed by atoms with Crippen molar-refractivity contribution in [3.05, 3.63) is 53.8 Å². The van der Waals surface area contributed by atoms with Gasteiger partial charge in [-0.1, -0.05) is 18.1 Å². The number of ether oxygens (including phenoxy) is 1. The zero-order chi connectivity index (χ0) is 28.4. The number of aromatic hydroxyl groups is 1. The summed E-state index contributed by atoms with van der Waals surface area (Å²) in [4.78, 5) is 14.6. The molecule has 4 aliphatic rings. The van der Waals surface area contributed by atoms with E-state index < -0.39 is 5.82 Å². The summed E-state index contributed by atoms with van der Waals surface area (Å²) in [7, 11) is 0. The topological polar surface area (TPSA) is 73.8 Å². The van der Waals surface area contributed by atoms with Crippen LogP contribution in [0.2, 0.25) is 0 Å². The van der Waals surface area contributed by atoms with Crippen LogP contribution < -0.4 is 15.0 Å². The van der Waals surface area contributed by atoms with Crippen molar-refractivity contribution in [3.63, 3.8) is 0 Å². The second-order valence-corrected chi connectivity index (χ2v) is 12.5. The number of piperazine rings is 1. The van der Waals surface area contributed by atoms with Crippen LogP contribution in [0.5, 0.6) is 11.8 Å². The maximum atomic E-state index is 16.2. The van der Waals surface area contributed by atoms with E-state index in [0.717, 1.165) is 68.5 Å². The Balaban J connectivity index is 1.27. The molecule has 4 aliphatic heterocycles. The number of anilines is 1. The van der Waals surface area contributed by atoms with E-state index in [4.69, 9.17) is 21.1 Å². The number of rotatable bonds is 5. The van der Waals surface area contributed by atoms with Crippen LogP contribution in [0.15, 0.2) is 42.5 Å². The summed E-state index contributed by atoms with van der Waals surface area (Å²) in [5.41, 5.74) is 2.18. The molecule has 0 saturated carbocycles. The second-order valence-electron chi connectivity index (χ2n) is 12.5. The lowest BCUT2D eigenvalue weighted by Gasteiger charge is -2.34. The number of fused-ring (bicyclic) bond motifs is 5. The van der Waals surface area contributed by atoms with Crippen molar-refractivity contribution in [1.29, 1.82) is 0 Å². The zero-order valence-corrected chi connectivity index (χ0v) is 23.6. The first-order valence-corrected chi connectivity index (χ1v) is 15.1. The lowest BCUT2D eigenvalue weighted by molar-refractivity contribution is 0.108. The van der Waals surface area contributed by atoms with Crippen molar-refractivity contribution in [2.75, 3.05) is 37.7 Å². The molecule has 5 heterocycles. The van der Waals surface area contributed by atoms with E-state index in [-0.39, 0.29) is 11.3 Å². The Kier molecular flexibility index (Phi) is 6.02. The highest BCUT2D eigenvalue weighted by molar-refractivity contribution is 6.03. The van der Waals surface area contributed by atoms with Gasteiger partial charge in [-0.2, -0.15) is 9.97 Å². The lowest BCUT2D eigenvalue weighted by atomic mass is 9.93. The minimum Gasteiger partial charge on any atom is -0.508 e. The minimum atomic E-state index is -0.413. The van der Waals surface area contributed by atoms with Crippen molar-refractivity contribution in [3.8, 4) is 35.2 Å². The van der Waals surface area contributed by atoms with E-state index in [9.17, 15) is 5.11 Å². The highest BCUT2D eigenvalue weighted by Crippen LogP contribution is 2.41. The average Bonchev–Trinajstić information content (AvgIpc) is 3.68. The molecule has 0 aliphatic carbocycles. The van der Waals surface area contributed by atoms with Gasteiger partial charge in [0.2, 0.25) is 0 Å². The normalized spacial score (nSPS) is 23.0. The van der Waals surface area contributed by atoms with Gasteiger partial charge in [0.05, 0.1) is 11.1 Å². The number of nitrogens with one attached hydrogen (secondary N) is 1. The summed E-state index contributed by atoms with van der Waals surface area (Å²) < 4.78 is 22.6. The van der Waals surface area contributed by atoms with Crippen LogP contribution in [-0.2, 0) is 0 Å². The molecule has 0 amide bonds. The number of hydrogen-bond donors (Lipinski definition) is 2. The van der Waals surface area contributed by atoms with Crippen molar-refractivity contribution in [2.45, 2.75) is 56.1 Å². The van der Waals surface area contributed by atoms with Crippen LogP contribution >= 0.6 is 0 Å². The molecule has 4 aromatic rings. The molecule has 4 fully saturated rings. The Morgan fingerprint density at radius 1 is 1.05 bits per heavy atom. The predicted octanol–water partition coefficient (Wildman–Crippen LogP) is 5.22. The first-order chi connectivity index (χ1) is 20.5. The van der Waals surface area contributed by atoms with Crippen molar-refractivity contribution in [2.24, 2.45) is 0 Å². The van der Waals surface area contributed by atoms with E-state index in [2.05, 4.69) is 21.0 Å². The molecule has 8 rings (SSSR count). The molecule has 0 radical (unpaired) electrons. The van der Waals surface area contributed by atoms with Gasteiger partial charge in [0, 0.05) is 47.1 Å². The summed E-state index contributed by atoms with van der Waals surface area (Å²) in [5.74, 6) is 3.08. The molecule has 0 spiro atoms. The minimum absolute atomic E-state index is 0.0480. The SMILES string of the molecule is C#Cc1cccc2cc(O)cc(-c3cc4nc(OCC56CCCN5CCC6)nc(N5CC6CCC(C5)N6)c4cc3F)c12. The number of halogens is 1. The van der Waals surface area contributed by atoms with Crippen molar-refractivity contribution in [1.82, 2.24) is 20.2 Å². The average molecular weight is 564 g/mol. The van der Waals surface area contributed by atoms with Gasteiger partial charge in [-0.05, 0) is 92.9 Å². The maximum Gasteiger partial charge on any atom is 0.319 e. The lowest BCUT2D eigenvalue weighted by Crippen LogP contribution is -2.51. The van der Waals surface area contributed by atoms with E-state index in [0.29, 0.717) is 52.3 Å². The Labute approximate surface area is 244 Å². The number of hydrogen-bond acceptors (Lipinski definition) is 7. The van der Waals surface area contributed by atoms with Crippen LogP contribution in [0.25, 0.3) is 32.8 Å². The molecule has 3 aromatic carbocycles. The molecule has 214 valence electrons. The summed E-state index contributed by atoms with van der Waals surface area (Å²) in [6.45, 7) is 4.42. The van der Waals surface area contributed by atoms with E-state index in [1.165, 1.54) is 18.9 Å². The van der Waals surface area contributed by atoms with Crippen molar-refractivity contribution >= 4 is 27.5 Å². The van der Waals surface area contributed by atoms with Gasteiger partial charge >= 0.3 is 6.01 Å². The van der Waals surface area contributed by atoms with Gasteiger partial charge in [0.15, 0.2) is 0 Å². The maximum absolute atomic E-state index is 16.2. The van der Waals surface area contributed by atoms with Gasteiger partial charge < -0.3 is 20.1 Å². The van der Waals surface area contributed by atoms with E-state index in [1.54, 1.807) is 18.2 Å². The van der Waals surface area contributed by atoms with Gasteiger partial charge in [-0.25, -0.2) is 4.39 Å². The molecule has 42 heavy (non-hydrogen) atoms. The first-order valence-electron chi connectivity index (χ1n) is 15.1. The largest absolute Gasteiger partial charge is 0.508 e. The molecule has 4 saturated heterocycles. The third-order valence-electron chi connectivity index (χ3n) is 9.95. The van der Waals surface area contributed by atoms with Crippen LogP contribution in [0.3, 0.4) is 0 Å². The summed E-state index contributed by atoms with van der Waals surface area (Å²) in [5, 5.41) is 16.4. The smallest absolute Gasteiger partial charge is 0.319 e. The number of terminal acetylenes is 1. The zero-order valence-electron chi connectivity index (χ0n) is 23.6. The highest BCUT2D eigenvalue weighted by Gasteiger charge is 2.45. The molecular formula is C34H34FN5O2. The molecular weight excluding hydrogens is 529 g/mol. The second kappa shape index (κ2) is 9.82. The number of phenolic OH excluding ortho intramolecular Hbond substituents is 1. The van der Waals surface area contributed by atoms with Gasteiger partial charge in [0.1, 0.15) is 24.0 Å². The van der Waals surface area contributed by atoms with Crippen LogP contribution in [0, 0.1) is 18.2 Å². The summed E-state index contributed by atoms with van der Waals surface area (Å²) in [6, 6.07) is 13.2. The monoisotopic (exact) mass is 563 g/mol. The van der Waals surface area contributed by atoms with Gasteiger partial charge in [-0.3, -0.25) is 4.90 Å². The Morgan fingerprint density at radius 2 is 1.83 bits per heavy atom. The Bertz CT molecular complexity index is 1750. The number of phenols is 1. The van der Waals surface area contributed by atoms with Crippen molar-refractivity contribution < 1.29 is 14.2 Å². The summed E-state index contributed by atoms with van der Waals surface area (Å²) >= 11 is 0. The number of nitrogens with zero attached hydrogens (tertiary/aromatic N) is 4. The fourth-order valence-electron chi connectivity index (χ4n) is 8.00. The fraction of sp³-hybridized carbons (Fsp3) is 0.412. The van der Waals surface area contributed by atoms with Crippen LogP contribution in [0.1, 0.15) is 44.1 Å². The Morgan fingerprint density at radius 3 is 2.60 bits per heavy atom. The van der Waals surface area contributed by atoms with Crippen LogP contribution in [-0.4, -0.2) is 70.4 Å². The molecule has 2 bridgehead atoms. The molecule has 2 N–H and O–H groups in total. The standard InChI is InChI=1S/C34H34FN5O2/c1-2-21-6-3-7-22-14-25(41)15-27(31(21)22)26-17-30-28(16-29(26)35)32(39-18-23-8-9-24(19-39)36-23)38-33(37-30)42-20-34-10-4-12-40(34)13-5-11-34/h1,3,6-7,14-17,23-24,36,41H,4-5,8-13,18-20H2. The molecule has 2 atom stereocenters. The highest BCUT2D eigenvalue weighted by atomic mass is 19.1. The third kappa shape index (κ3) is 4.18. The predicted molar refractivity (Wildman–Crippen MR) is 162 cm³/mol. The Hall–Kier alpha value is -3.93. The number of aromatic nitrogens is 2. The van der Waals surface area contributed by atoms with E-state index in [1.807, 2.05) is 18.2 Å². The number of benzene rings is 3. The third-order valence-corrected chi connectivity index (χ3v) is 9.95. The van der Waals surface area contributed by atoms with E-state index >= 15 is 4.39 Å². The van der Waals surface area contributed by atoms with Gasteiger partial charge in [-0.15, -0.1) is 6.42 Å². The molecule has 8 heteroatoms.